The highest BCUT2D eigenvalue weighted by molar-refractivity contribution is 5.78. The summed E-state index contributed by atoms with van der Waals surface area (Å²) in [5, 5.41) is 2.88. The molecule has 0 heterocycles. The molecule has 0 bridgehead atoms. The molecule has 0 aliphatic rings. The van der Waals surface area contributed by atoms with Gasteiger partial charge in [0.05, 0.1) is 12.6 Å². The molecule has 0 aliphatic heterocycles. The van der Waals surface area contributed by atoms with E-state index in [1.807, 2.05) is 30.3 Å². The second-order valence-electron chi connectivity index (χ2n) is 4.11. The molecule has 18 heavy (non-hydrogen) atoms. The van der Waals surface area contributed by atoms with Gasteiger partial charge in [-0.15, -0.1) is 0 Å². The molecule has 4 heteroatoms. The maximum atomic E-state index is 11.6. The van der Waals surface area contributed by atoms with Crippen molar-refractivity contribution in [3.05, 3.63) is 35.9 Å². The smallest absolute Gasteiger partial charge is 0.220 e. The zero-order valence-corrected chi connectivity index (χ0v) is 10.6. The summed E-state index contributed by atoms with van der Waals surface area (Å²) >= 11 is 0. The van der Waals surface area contributed by atoms with E-state index in [2.05, 4.69) is 5.32 Å². The largest absolute Gasteiger partial charge is 0.383 e. The molecule has 0 spiro atoms. The van der Waals surface area contributed by atoms with Crippen LogP contribution in [0.5, 0.6) is 0 Å². The molecule has 4 nitrogen and oxygen atoms in total. The first kappa shape index (κ1) is 14.4. The van der Waals surface area contributed by atoms with E-state index in [0.29, 0.717) is 6.61 Å². The number of carbonyl (C=O) groups excluding carboxylic acids is 2. The molecule has 1 aromatic rings. The first-order valence-corrected chi connectivity index (χ1v) is 6.02. The van der Waals surface area contributed by atoms with Crippen LogP contribution in [0, 0.1) is 0 Å². The first-order chi connectivity index (χ1) is 8.76. The summed E-state index contributed by atoms with van der Waals surface area (Å²) in [4.78, 5) is 21.8. The van der Waals surface area contributed by atoms with E-state index in [0.717, 1.165) is 18.3 Å². The Labute approximate surface area is 107 Å². The summed E-state index contributed by atoms with van der Waals surface area (Å²) < 4.78 is 5.10. The van der Waals surface area contributed by atoms with E-state index in [9.17, 15) is 9.59 Å². The summed E-state index contributed by atoms with van der Waals surface area (Å²) in [6, 6.07) is 9.86. The molecule has 1 aromatic carbocycles. The Balaban J connectivity index is 2.49. The van der Waals surface area contributed by atoms with Gasteiger partial charge in [-0.25, -0.2) is 0 Å². The number of carbonyl (C=O) groups is 2. The van der Waals surface area contributed by atoms with Crippen molar-refractivity contribution < 1.29 is 14.3 Å². The van der Waals surface area contributed by atoms with Gasteiger partial charge in [0.2, 0.25) is 5.91 Å². The van der Waals surface area contributed by atoms with Crippen LogP contribution < -0.4 is 5.32 Å². The monoisotopic (exact) mass is 249 g/mol. The topological polar surface area (TPSA) is 55.4 Å². The maximum Gasteiger partial charge on any atom is 0.220 e. The lowest BCUT2D eigenvalue weighted by atomic mass is 10.1. The van der Waals surface area contributed by atoms with E-state index in [1.165, 1.54) is 0 Å². The van der Waals surface area contributed by atoms with Gasteiger partial charge in [-0.3, -0.25) is 4.79 Å². The molecule has 1 atom stereocenters. The van der Waals surface area contributed by atoms with Crippen molar-refractivity contribution in [3.63, 3.8) is 0 Å². The quantitative estimate of drug-likeness (QED) is 0.707. The fraction of sp³-hybridized carbons (Fsp3) is 0.429. The van der Waals surface area contributed by atoms with Crippen molar-refractivity contribution in [1.29, 1.82) is 0 Å². The summed E-state index contributed by atoms with van der Waals surface area (Å²) in [5.41, 5.74) is 1.15. The van der Waals surface area contributed by atoms with Crippen molar-refractivity contribution in [2.75, 3.05) is 13.7 Å². The van der Waals surface area contributed by atoms with Crippen LogP contribution in [0.3, 0.4) is 0 Å². The summed E-state index contributed by atoms with van der Waals surface area (Å²) in [6.45, 7) is 0.460. The number of rotatable bonds is 8. The molecule has 0 fully saturated rings. The van der Waals surface area contributed by atoms with Crippen molar-refractivity contribution >= 4 is 12.2 Å². The summed E-state index contributed by atoms with van der Waals surface area (Å²) in [6.07, 6.45) is 1.97. The predicted octanol–water partition coefficient (Wildman–Crippen LogP) is 1.34. The Kier molecular flexibility index (Phi) is 6.72. The molecule has 0 saturated carbocycles. The fourth-order valence-corrected chi connectivity index (χ4v) is 1.74. The standard InChI is InChI=1S/C14H19NO3/c1-18-11-13(15-14(17)8-5-9-16)10-12-6-3-2-4-7-12/h2-4,6-7,9,13H,5,8,10-11H2,1H3,(H,15,17). The Morgan fingerprint density at radius 2 is 2.11 bits per heavy atom. The van der Waals surface area contributed by atoms with E-state index >= 15 is 0 Å². The van der Waals surface area contributed by atoms with E-state index < -0.39 is 0 Å². The molecule has 1 rings (SSSR count). The van der Waals surface area contributed by atoms with Crippen molar-refractivity contribution in [1.82, 2.24) is 5.32 Å². The second kappa shape index (κ2) is 8.42. The van der Waals surface area contributed by atoms with Gasteiger partial charge in [0, 0.05) is 20.0 Å². The number of ether oxygens (including phenoxy) is 1. The first-order valence-electron chi connectivity index (χ1n) is 6.02. The lowest BCUT2D eigenvalue weighted by Gasteiger charge is -2.17. The van der Waals surface area contributed by atoms with Crippen LogP contribution in [0.2, 0.25) is 0 Å². The van der Waals surface area contributed by atoms with Gasteiger partial charge in [-0.2, -0.15) is 0 Å². The Hall–Kier alpha value is -1.68. The van der Waals surface area contributed by atoms with Crippen LogP contribution in [-0.2, 0) is 20.7 Å². The number of aldehydes is 1. The zero-order chi connectivity index (χ0) is 13.2. The minimum atomic E-state index is -0.111. The van der Waals surface area contributed by atoms with Gasteiger partial charge in [0.1, 0.15) is 6.29 Å². The minimum absolute atomic E-state index is 0.0587. The lowest BCUT2D eigenvalue weighted by molar-refractivity contribution is -0.123. The van der Waals surface area contributed by atoms with Crippen molar-refractivity contribution in [3.8, 4) is 0 Å². The molecule has 98 valence electrons. The molecule has 0 saturated heterocycles. The number of methoxy groups -OCH3 is 1. The number of amides is 1. The highest BCUT2D eigenvalue weighted by atomic mass is 16.5. The van der Waals surface area contributed by atoms with Gasteiger partial charge in [0.25, 0.3) is 0 Å². The highest BCUT2D eigenvalue weighted by Crippen LogP contribution is 2.04. The van der Waals surface area contributed by atoms with Crippen LogP contribution in [0.25, 0.3) is 0 Å². The van der Waals surface area contributed by atoms with Gasteiger partial charge in [-0.1, -0.05) is 30.3 Å². The van der Waals surface area contributed by atoms with Crippen LogP contribution in [-0.4, -0.2) is 32.0 Å². The van der Waals surface area contributed by atoms with E-state index in [1.54, 1.807) is 7.11 Å². The van der Waals surface area contributed by atoms with Crippen LogP contribution in [0.4, 0.5) is 0 Å². The maximum absolute atomic E-state index is 11.6. The normalized spacial score (nSPS) is 11.8. The minimum Gasteiger partial charge on any atom is -0.383 e. The molecular weight excluding hydrogens is 230 g/mol. The van der Waals surface area contributed by atoms with Gasteiger partial charge in [0.15, 0.2) is 0 Å². The Morgan fingerprint density at radius 3 is 2.72 bits per heavy atom. The van der Waals surface area contributed by atoms with E-state index in [4.69, 9.17) is 4.74 Å². The fourth-order valence-electron chi connectivity index (χ4n) is 1.74. The zero-order valence-electron chi connectivity index (χ0n) is 10.6. The molecular formula is C14H19NO3. The molecule has 0 aromatic heterocycles. The summed E-state index contributed by atoms with van der Waals surface area (Å²) in [7, 11) is 1.61. The van der Waals surface area contributed by atoms with Gasteiger partial charge >= 0.3 is 0 Å². The third-order valence-electron chi connectivity index (χ3n) is 2.55. The number of benzene rings is 1. The number of nitrogens with one attached hydrogen (secondary N) is 1. The van der Waals surface area contributed by atoms with Gasteiger partial charge < -0.3 is 14.8 Å². The lowest BCUT2D eigenvalue weighted by Crippen LogP contribution is -2.39. The van der Waals surface area contributed by atoms with Crippen molar-refractivity contribution in [2.24, 2.45) is 0 Å². The average molecular weight is 249 g/mol. The van der Waals surface area contributed by atoms with Crippen LogP contribution >= 0.6 is 0 Å². The molecule has 1 unspecified atom stereocenters. The SMILES string of the molecule is COCC(Cc1ccccc1)NC(=O)CCC=O. The third kappa shape index (κ3) is 5.59. The van der Waals surface area contributed by atoms with Gasteiger partial charge in [-0.05, 0) is 12.0 Å². The third-order valence-corrected chi connectivity index (χ3v) is 2.55. The molecule has 1 amide bonds. The number of hydrogen-bond acceptors (Lipinski definition) is 3. The highest BCUT2D eigenvalue weighted by Gasteiger charge is 2.12. The van der Waals surface area contributed by atoms with Crippen molar-refractivity contribution in [2.45, 2.75) is 25.3 Å². The molecule has 0 radical (unpaired) electrons. The Bertz CT molecular complexity index is 365. The second-order valence-corrected chi connectivity index (χ2v) is 4.11. The van der Waals surface area contributed by atoms with Crippen LogP contribution in [0.15, 0.2) is 30.3 Å². The molecule has 0 aliphatic carbocycles. The van der Waals surface area contributed by atoms with E-state index in [-0.39, 0.29) is 24.8 Å². The number of hydrogen-bond donors (Lipinski definition) is 1. The van der Waals surface area contributed by atoms with Crippen LogP contribution in [0.1, 0.15) is 18.4 Å². The molecule has 1 N–H and O–H groups in total. The Morgan fingerprint density at radius 1 is 1.39 bits per heavy atom. The predicted molar refractivity (Wildman–Crippen MR) is 69.3 cm³/mol. The summed E-state index contributed by atoms with van der Waals surface area (Å²) in [5.74, 6) is -0.111. The average Bonchev–Trinajstić information content (AvgIpc) is 2.38.